The van der Waals surface area contributed by atoms with Crippen molar-refractivity contribution in [3.05, 3.63) is 59.9 Å². The Balaban J connectivity index is 2.00. The maximum atomic E-state index is 4.74. The first-order chi connectivity index (χ1) is 11.3. The molecule has 0 amide bonds. The minimum Gasteiger partial charge on any atom is -0.340 e. The van der Waals surface area contributed by atoms with E-state index in [1.807, 2.05) is 18.2 Å². The Morgan fingerprint density at radius 1 is 0.875 bits per heavy atom. The number of para-hydroxylation sites is 1. The fraction of sp³-hybridized carbons (Fsp3) is 0.333. The van der Waals surface area contributed by atoms with Gasteiger partial charge in [-0.15, -0.1) is 0 Å². The first-order valence-electron chi connectivity index (χ1n) is 8.49. The van der Waals surface area contributed by atoms with Crippen LogP contribution in [0.25, 0.3) is 10.9 Å². The van der Waals surface area contributed by atoms with Gasteiger partial charge in [0, 0.05) is 17.0 Å². The number of benzene rings is 2. The van der Waals surface area contributed by atoms with Gasteiger partial charge in [-0.3, -0.25) is 0 Å². The van der Waals surface area contributed by atoms with Gasteiger partial charge in [0.25, 0.3) is 0 Å². The molecule has 3 rings (SSSR count). The fourth-order valence-corrected chi connectivity index (χ4v) is 2.64. The molecule has 3 aromatic rings. The SMILES string of the molecule is CC(C)c1nc(Nc2ccc(C(C)(C)C)cc2)c2ccccc2n1. The van der Waals surface area contributed by atoms with Crippen LogP contribution in [0.15, 0.2) is 48.5 Å². The molecule has 1 N–H and O–H groups in total. The van der Waals surface area contributed by atoms with Gasteiger partial charge in [0.05, 0.1) is 5.52 Å². The van der Waals surface area contributed by atoms with E-state index in [0.29, 0.717) is 5.92 Å². The van der Waals surface area contributed by atoms with Crippen molar-refractivity contribution in [3.63, 3.8) is 0 Å². The normalized spacial score (nSPS) is 11.9. The molecule has 3 heteroatoms. The highest BCUT2D eigenvalue weighted by molar-refractivity contribution is 5.90. The second-order valence-electron chi connectivity index (χ2n) is 7.55. The molecule has 3 nitrogen and oxygen atoms in total. The van der Waals surface area contributed by atoms with Gasteiger partial charge in [-0.05, 0) is 35.2 Å². The lowest BCUT2D eigenvalue weighted by Gasteiger charge is -2.19. The van der Waals surface area contributed by atoms with Crippen molar-refractivity contribution >= 4 is 22.4 Å². The number of nitrogens with zero attached hydrogens (tertiary/aromatic N) is 2. The van der Waals surface area contributed by atoms with Crippen LogP contribution < -0.4 is 5.32 Å². The van der Waals surface area contributed by atoms with Gasteiger partial charge >= 0.3 is 0 Å². The lowest BCUT2D eigenvalue weighted by atomic mass is 9.87. The van der Waals surface area contributed by atoms with Gasteiger partial charge in [0.2, 0.25) is 0 Å². The highest BCUT2D eigenvalue weighted by Gasteiger charge is 2.14. The third-order valence-electron chi connectivity index (χ3n) is 4.15. The number of fused-ring (bicyclic) bond motifs is 1. The summed E-state index contributed by atoms with van der Waals surface area (Å²) in [5.41, 5.74) is 3.50. The molecule has 0 aliphatic rings. The van der Waals surface area contributed by atoms with Gasteiger partial charge in [-0.2, -0.15) is 0 Å². The molecule has 0 radical (unpaired) electrons. The third-order valence-corrected chi connectivity index (χ3v) is 4.15. The summed E-state index contributed by atoms with van der Waals surface area (Å²) in [7, 11) is 0. The first-order valence-corrected chi connectivity index (χ1v) is 8.49. The molecule has 24 heavy (non-hydrogen) atoms. The van der Waals surface area contributed by atoms with Crippen LogP contribution in [0.3, 0.4) is 0 Å². The monoisotopic (exact) mass is 319 g/mol. The highest BCUT2D eigenvalue weighted by atomic mass is 15.0. The molecule has 0 saturated carbocycles. The highest BCUT2D eigenvalue weighted by Crippen LogP contribution is 2.28. The van der Waals surface area contributed by atoms with E-state index in [1.165, 1.54) is 5.56 Å². The van der Waals surface area contributed by atoms with Crippen LogP contribution >= 0.6 is 0 Å². The Kier molecular flexibility index (Phi) is 4.27. The second kappa shape index (κ2) is 6.23. The standard InChI is InChI=1S/C21H25N3/c1-14(2)19-23-18-9-7-6-8-17(18)20(24-19)22-16-12-10-15(11-13-16)21(3,4)5/h6-14H,1-5H3,(H,22,23,24). The van der Waals surface area contributed by atoms with Gasteiger partial charge in [0.15, 0.2) is 0 Å². The zero-order chi connectivity index (χ0) is 17.3. The van der Waals surface area contributed by atoms with E-state index in [-0.39, 0.29) is 5.41 Å². The van der Waals surface area contributed by atoms with Gasteiger partial charge in [0.1, 0.15) is 11.6 Å². The maximum Gasteiger partial charge on any atom is 0.142 e. The predicted molar refractivity (Wildman–Crippen MR) is 102 cm³/mol. The summed E-state index contributed by atoms with van der Waals surface area (Å²) in [4.78, 5) is 9.42. The molecule has 0 fully saturated rings. The van der Waals surface area contributed by atoms with Crippen LogP contribution in [0.2, 0.25) is 0 Å². The van der Waals surface area contributed by atoms with Gasteiger partial charge in [-0.25, -0.2) is 9.97 Å². The molecule has 1 aromatic heterocycles. The summed E-state index contributed by atoms with van der Waals surface area (Å²) in [6.45, 7) is 10.9. The van der Waals surface area contributed by atoms with Crippen molar-refractivity contribution in [3.8, 4) is 0 Å². The Morgan fingerprint density at radius 3 is 2.17 bits per heavy atom. The lowest BCUT2D eigenvalue weighted by Crippen LogP contribution is -2.10. The third kappa shape index (κ3) is 3.40. The average Bonchev–Trinajstić information content (AvgIpc) is 2.54. The number of nitrogens with one attached hydrogen (secondary N) is 1. The van der Waals surface area contributed by atoms with E-state index in [4.69, 9.17) is 4.98 Å². The average molecular weight is 319 g/mol. The molecule has 0 aliphatic heterocycles. The van der Waals surface area contributed by atoms with Crippen molar-refractivity contribution in [2.45, 2.75) is 46.0 Å². The quantitative estimate of drug-likeness (QED) is 0.663. The van der Waals surface area contributed by atoms with Crippen molar-refractivity contribution in [1.29, 1.82) is 0 Å². The molecule has 0 saturated heterocycles. The Bertz CT molecular complexity index is 843. The number of rotatable bonds is 3. The fourth-order valence-electron chi connectivity index (χ4n) is 2.64. The van der Waals surface area contributed by atoms with Crippen LogP contribution in [0.1, 0.15) is 51.9 Å². The van der Waals surface area contributed by atoms with Gasteiger partial charge in [-0.1, -0.05) is 58.9 Å². The molecule has 0 atom stereocenters. The van der Waals surface area contributed by atoms with Crippen LogP contribution in [0.4, 0.5) is 11.5 Å². The molecule has 0 bridgehead atoms. The van der Waals surface area contributed by atoms with E-state index in [9.17, 15) is 0 Å². The van der Waals surface area contributed by atoms with E-state index in [1.54, 1.807) is 0 Å². The topological polar surface area (TPSA) is 37.8 Å². The summed E-state index contributed by atoms with van der Waals surface area (Å²) in [5.74, 6) is 2.02. The summed E-state index contributed by atoms with van der Waals surface area (Å²) >= 11 is 0. The Morgan fingerprint density at radius 2 is 1.54 bits per heavy atom. The summed E-state index contributed by atoms with van der Waals surface area (Å²) in [6, 6.07) is 16.7. The molecule has 0 spiro atoms. The zero-order valence-electron chi connectivity index (χ0n) is 15.1. The van der Waals surface area contributed by atoms with Crippen LogP contribution in [-0.4, -0.2) is 9.97 Å². The molecule has 1 heterocycles. The van der Waals surface area contributed by atoms with Crippen molar-refractivity contribution in [2.75, 3.05) is 5.32 Å². The Labute approximate surface area is 144 Å². The largest absolute Gasteiger partial charge is 0.340 e. The molecular weight excluding hydrogens is 294 g/mol. The molecule has 124 valence electrons. The summed E-state index contributed by atoms with van der Waals surface area (Å²) in [5, 5.41) is 4.51. The minimum absolute atomic E-state index is 0.158. The zero-order valence-corrected chi connectivity index (χ0v) is 15.1. The molecular formula is C21H25N3. The van der Waals surface area contributed by atoms with Crippen LogP contribution in [0.5, 0.6) is 0 Å². The molecule has 2 aromatic carbocycles. The van der Waals surface area contributed by atoms with E-state index < -0.39 is 0 Å². The minimum atomic E-state index is 0.158. The van der Waals surface area contributed by atoms with E-state index in [2.05, 4.69) is 75.3 Å². The molecule has 0 aliphatic carbocycles. The predicted octanol–water partition coefficient (Wildman–Crippen LogP) is 5.79. The number of aromatic nitrogens is 2. The second-order valence-corrected chi connectivity index (χ2v) is 7.55. The first kappa shape index (κ1) is 16.4. The lowest BCUT2D eigenvalue weighted by molar-refractivity contribution is 0.590. The van der Waals surface area contributed by atoms with Crippen molar-refractivity contribution < 1.29 is 0 Å². The Hall–Kier alpha value is -2.42. The van der Waals surface area contributed by atoms with Crippen molar-refractivity contribution in [1.82, 2.24) is 9.97 Å². The summed E-state index contributed by atoms with van der Waals surface area (Å²) in [6.07, 6.45) is 0. The maximum absolute atomic E-state index is 4.74. The summed E-state index contributed by atoms with van der Waals surface area (Å²) < 4.78 is 0. The molecule has 0 unspecified atom stereocenters. The van der Waals surface area contributed by atoms with E-state index in [0.717, 1.165) is 28.2 Å². The smallest absolute Gasteiger partial charge is 0.142 e. The van der Waals surface area contributed by atoms with Gasteiger partial charge < -0.3 is 5.32 Å². The van der Waals surface area contributed by atoms with Crippen LogP contribution in [-0.2, 0) is 5.41 Å². The number of anilines is 2. The number of hydrogen-bond donors (Lipinski definition) is 1. The van der Waals surface area contributed by atoms with E-state index >= 15 is 0 Å². The van der Waals surface area contributed by atoms with Crippen molar-refractivity contribution in [2.24, 2.45) is 0 Å². The van der Waals surface area contributed by atoms with Crippen LogP contribution in [0, 0.1) is 0 Å². The number of hydrogen-bond acceptors (Lipinski definition) is 3.